The van der Waals surface area contributed by atoms with Crippen molar-refractivity contribution in [3.8, 4) is 0 Å². The Hall–Kier alpha value is -2.32. The SMILES string of the molecule is O=C(c1ccccc1)N1CC2CC(C1)CN(C(=O)[C@@H]1CCC(=O)N1Cc1ccccc1Br)C2.S. The highest BCUT2D eigenvalue weighted by atomic mass is 79.9. The molecule has 3 aliphatic heterocycles. The van der Waals surface area contributed by atoms with Crippen LogP contribution < -0.4 is 0 Å². The summed E-state index contributed by atoms with van der Waals surface area (Å²) in [5.41, 5.74) is 1.73. The van der Waals surface area contributed by atoms with Crippen LogP contribution in [0, 0.1) is 11.8 Å². The van der Waals surface area contributed by atoms with Crippen molar-refractivity contribution in [2.75, 3.05) is 26.2 Å². The van der Waals surface area contributed by atoms with E-state index in [2.05, 4.69) is 15.9 Å². The second-order valence-corrected chi connectivity index (χ2v) is 10.3. The van der Waals surface area contributed by atoms with E-state index in [1.807, 2.05) is 64.4 Å². The van der Waals surface area contributed by atoms with Gasteiger partial charge in [-0.25, -0.2) is 0 Å². The Bertz CT molecular complexity index is 1050. The Morgan fingerprint density at radius 2 is 1.50 bits per heavy atom. The molecule has 0 spiro atoms. The second-order valence-electron chi connectivity index (χ2n) is 9.45. The van der Waals surface area contributed by atoms with Crippen LogP contribution in [-0.4, -0.2) is 64.6 Å². The minimum Gasteiger partial charge on any atom is -0.340 e. The van der Waals surface area contributed by atoms with Gasteiger partial charge < -0.3 is 14.7 Å². The van der Waals surface area contributed by atoms with E-state index in [9.17, 15) is 14.4 Å². The number of halogens is 1. The number of carbonyl (C=O) groups excluding carboxylic acids is 3. The van der Waals surface area contributed by atoms with Crippen molar-refractivity contribution in [3.63, 3.8) is 0 Å². The second kappa shape index (κ2) is 10.5. The predicted molar refractivity (Wildman–Crippen MR) is 139 cm³/mol. The summed E-state index contributed by atoms with van der Waals surface area (Å²) in [7, 11) is 0. The van der Waals surface area contributed by atoms with Crippen LogP contribution in [-0.2, 0) is 16.1 Å². The van der Waals surface area contributed by atoms with E-state index in [0.29, 0.717) is 45.6 Å². The number of fused-ring (bicyclic) bond motifs is 2. The monoisotopic (exact) mass is 543 g/mol. The van der Waals surface area contributed by atoms with E-state index in [-0.39, 0.29) is 43.1 Å². The van der Waals surface area contributed by atoms with Crippen molar-refractivity contribution in [1.29, 1.82) is 0 Å². The molecular weight excluding hydrogens is 514 g/mol. The van der Waals surface area contributed by atoms with Crippen molar-refractivity contribution in [3.05, 3.63) is 70.2 Å². The highest BCUT2D eigenvalue weighted by Crippen LogP contribution is 2.32. The maximum absolute atomic E-state index is 13.5. The van der Waals surface area contributed by atoms with Gasteiger partial charge in [0.1, 0.15) is 6.04 Å². The van der Waals surface area contributed by atoms with Gasteiger partial charge in [0.05, 0.1) is 0 Å². The van der Waals surface area contributed by atoms with Crippen LogP contribution in [0.1, 0.15) is 35.2 Å². The maximum Gasteiger partial charge on any atom is 0.253 e. The molecule has 6 nitrogen and oxygen atoms in total. The van der Waals surface area contributed by atoms with Gasteiger partial charge in [-0.15, -0.1) is 0 Å². The Balaban J connectivity index is 0.00000274. The molecule has 3 heterocycles. The highest BCUT2D eigenvalue weighted by Gasteiger charge is 2.43. The molecule has 180 valence electrons. The lowest BCUT2D eigenvalue weighted by Crippen LogP contribution is -2.58. The van der Waals surface area contributed by atoms with E-state index in [1.165, 1.54) is 0 Å². The van der Waals surface area contributed by atoms with E-state index in [1.54, 1.807) is 4.90 Å². The molecule has 0 aliphatic carbocycles. The molecule has 3 saturated heterocycles. The molecule has 3 atom stereocenters. The summed E-state index contributed by atoms with van der Waals surface area (Å²) in [4.78, 5) is 44.8. The van der Waals surface area contributed by atoms with E-state index in [0.717, 1.165) is 22.0 Å². The number of hydrogen-bond acceptors (Lipinski definition) is 3. The number of nitrogens with zero attached hydrogens (tertiary/aromatic N) is 3. The number of piperidine rings is 2. The van der Waals surface area contributed by atoms with Crippen LogP contribution in [0.5, 0.6) is 0 Å². The normalized spacial score (nSPS) is 24.1. The van der Waals surface area contributed by atoms with Crippen molar-refractivity contribution < 1.29 is 14.4 Å². The molecule has 0 radical (unpaired) electrons. The van der Waals surface area contributed by atoms with Gasteiger partial charge in [-0.1, -0.05) is 52.3 Å². The molecule has 0 saturated carbocycles. The molecule has 2 bridgehead atoms. The predicted octanol–water partition coefficient (Wildman–Crippen LogP) is 3.67. The quantitative estimate of drug-likeness (QED) is 0.591. The van der Waals surface area contributed by atoms with Crippen LogP contribution in [0.15, 0.2) is 59.1 Å². The summed E-state index contributed by atoms with van der Waals surface area (Å²) in [6, 6.07) is 16.9. The smallest absolute Gasteiger partial charge is 0.253 e. The fourth-order valence-electron chi connectivity index (χ4n) is 5.60. The van der Waals surface area contributed by atoms with Crippen molar-refractivity contribution in [1.82, 2.24) is 14.7 Å². The van der Waals surface area contributed by atoms with Gasteiger partial charge in [-0.05, 0) is 48.4 Å². The fraction of sp³-hybridized carbons (Fsp3) is 0.423. The minimum atomic E-state index is -0.398. The molecule has 2 unspecified atom stereocenters. The number of rotatable bonds is 4. The minimum absolute atomic E-state index is 0. The number of carbonyl (C=O) groups is 3. The van der Waals surface area contributed by atoms with Gasteiger partial charge in [-0.2, -0.15) is 13.5 Å². The third-order valence-corrected chi connectivity index (χ3v) is 7.89. The topological polar surface area (TPSA) is 60.9 Å². The van der Waals surface area contributed by atoms with Crippen LogP contribution in [0.4, 0.5) is 0 Å². The first-order chi connectivity index (χ1) is 16.0. The number of hydrogen-bond donors (Lipinski definition) is 0. The highest BCUT2D eigenvalue weighted by molar-refractivity contribution is 9.10. The Morgan fingerprint density at radius 1 is 0.882 bits per heavy atom. The van der Waals surface area contributed by atoms with Crippen molar-refractivity contribution >= 4 is 47.1 Å². The summed E-state index contributed by atoms with van der Waals surface area (Å²) >= 11 is 3.56. The average molecular weight is 545 g/mol. The van der Waals surface area contributed by atoms with E-state index in [4.69, 9.17) is 0 Å². The molecule has 0 N–H and O–H groups in total. The lowest BCUT2D eigenvalue weighted by molar-refractivity contribution is -0.144. The van der Waals surface area contributed by atoms with E-state index < -0.39 is 6.04 Å². The summed E-state index contributed by atoms with van der Waals surface area (Å²) in [5.74, 6) is 0.739. The van der Waals surface area contributed by atoms with Crippen LogP contribution in [0.2, 0.25) is 0 Å². The third-order valence-electron chi connectivity index (χ3n) is 7.11. The van der Waals surface area contributed by atoms with Crippen LogP contribution in [0.25, 0.3) is 0 Å². The van der Waals surface area contributed by atoms with E-state index >= 15 is 0 Å². The molecular formula is C26H30BrN3O3S. The van der Waals surface area contributed by atoms with Gasteiger partial charge in [0.2, 0.25) is 11.8 Å². The van der Waals surface area contributed by atoms with Gasteiger partial charge in [0.15, 0.2) is 0 Å². The molecule has 2 aromatic rings. The molecule has 34 heavy (non-hydrogen) atoms. The van der Waals surface area contributed by atoms with Crippen LogP contribution >= 0.6 is 29.4 Å². The zero-order valence-corrected chi connectivity index (χ0v) is 21.6. The zero-order valence-electron chi connectivity index (χ0n) is 19.0. The van der Waals surface area contributed by atoms with Gasteiger partial charge >= 0.3 is 0 Å². The first-order valence-electron chi connectivity index (χ1n) is 11.7. The molecule has 3 fully saturated rings. The zero-order chi connectivity index (χ0) is 22.9. The standard InChI is InChI=1S/C26H28BrN3O3.H2S/c27-22-9-5-4-8-21(22)17-30-23(10-11-24(30)31)26(33)29-15-18-12-19(16-29)14-28(13-18)25(32)20-6-2-1-3-7-20;/h1-9,18-19,23H,10-17H2;1H2/t18?,19?,23-;/m0./s1. The molecule has 2 aromatic carbocycles. The Kier molecular flexibility index (Phi) is 7.67. The number of amides is 3. The van der Waals surface area contributed by atoms with Crippen molar-refractivity contribution in [2.45, 2.75) is 31.8 Å². The Labute approximate surface area is 215 Å². The largest absolute Gasteiger partial charge is 0.340 e. The molecule has 3 amide bonds. The summed E-state index contributed by atoms with van der Waals surface area (Å²) in [6.45, 7) is 3.11. The summed E-state index contributed by atoms with van der Waals surface area (Å²) in [5, 5.41) is 0. The fourth-order valence-corrected chi connectivity index (χ4v) is 6.01. The first kappa shape index (κ1) is 24.8. The summed E-state index contributed by atoms with van der Waals surface area (Å²) < 4.78 is 0.951. The summed E-state index contributed by atoms with van der Waals surface area (Å²) in [6.07, 6.45) is 2.04. The third kappa shape index (κ3) is 5.03. The van der Waals surface area contributed by atoms with Gasteiger partial charge in [-0.3, -0.25) is 14.4 Å². The lowest BCUT2D eigenvalue weighted by Gasteiger charge is -2.46. The van der Waals surface area contributed by atoms with Crippen molar-refractivity contribution in [2.24, 2.45) is 11.8 Å². The number of benzene rings is 2. The number of likely N-dealkylation sites (tertiary alicyclic amines) is 3. The first-order valence-corrected chi connectivity index (χ1v) is 12.4. The van der Waals surface area contributed by atoms with Crippen LogP contribution in [0.3, 0.4) is 0 Å². The Morgan fingerprint density at radius 3 is 2.18 bits per heavy atom. The van der Waals surface area contributed by atoms with Gasteiger partial charge in [0.25, 0.3) is 5.91 Å². The molecule has 3 aliphatic rings. The van der Waals surface area contributed by atoms with Gasteiger partial charge in [0, 0.05) is 49.2 Å². The molecule has 0 aromatic heterocycles. The maximum atomic E-state index is 13.5. The lowest BCUT2D eigenvalue weighted by atomic mass is 9.84. The molecule has 5 rings (SSSR count). The average Bonchev–Trinajstić information content (AvgIpc) is 3.19. The molecule has 8 heteroatoms.